The lowest BCUT2D eigenvalue weighted by molar-refractivity contribution is 0.0361. The van der Waals surface area contributed by atoms with Crippen molar-refractivity contribution in [2.75, 3.05) is 0 Å². The Kier molecular flexibility index (Phi) is 2.49. The minimum atomic E-state index is -0.0470. The van der Waals surface area contributed by atoms with Crippen LogP contribution in [0.2, 0.25) is 0 Å². The van der Waals surface area contributed by atoms with Gasteiger partial charge in [-0.1, -0.05) is 10.2 Å². The van der Waals surface area contributed by atoms with E-state index in [-0.39, 0.29) is 4.08 Å². The summed E-state index contributed by atoms with van der Waals surface area (Å²) in [6.07, 6.45) is 6.87. The van der Waals surface area contributed by atoms with Crippen LogP contribution in [0.5, 0.6) is 0 Å². The molecule has 4 fully saturated rings. The van der Waals surface area contributed by atoms with Crippen molar-refractivity contribution in [3.8, 4) is 0 Å². The predicted octanol–water partition coefficient (Wildman–Crippen LogP) is 4.16. The van der Waals surface area contributed by atoms with E-state index in [4.69, 9.17) is 25.3 Å². The predicted molar refractivity (Wildman–Crippen MR) is 73.5 cm³/mol. The van der Waals surface area contributed by atoms with Crippen molar-refractivity contribution in [1.82, 2.24) is 0 Å². The zero-order valence-electron chi connectivity index (χ0n) is 7.95. The Hall–Kier alpha value is 1.53. The fraction of sp³-hybridized carbons (Fsp3) is 1.00. The molecule has 0 aliphatic heterocycles. The highest BCUT2D eigenvalue weighted by atomic mass is 79.9. The highest BCUT2D eigenvalue weighted by Gasteiger charge is 2.62. The van der Waals surface area contributed by atoms with Crippen LogP contribution in [0.25, 0.3) is 0 Å². The molecule has 0 heterocycles. The van der Waals surface area contributed by atoms with E-state index in [9.17, 15) is 0 Å². The molecule has 0 N–H and O–H groups in total. The third-order valence-corrected chi connectivity index (χ3v) is 9.23. The van der Waals surface area contributed by atoms with Crippen molar-refractivity contribution < 1.29 is 0 Å². The first-order valence-electron chi connectivity index (χ1n) is 5.32. The summed E-state index contributed by atoms with van der Waals surface area (Å²) in [5.74, 6) is 2.67. The smallest absolute Gasteiger partial charge is 0.0734 e. The van der Waals surface area contributed by atoms with Gasteiger partial charge >= 0.3 is 0 Å². The summed E-state index contributed by atoms with van der Waals surface area (Å²) in [4.78, 5) is 0. The second kappa shape index (κ2) is 3.27. The quantitative estimate of drug-likeness (QED) is 0.541. The molecule has 0 saturated heterocycles. The fourth-order valence-corrected chi connectivity index (χ4v) is 8.28. The highest BCUT2D eigenvalue weighted by molar-refractivity contribution is 9.50. The second-order valence-corrected chi connectivity index (χ2v) is 9.01. The number of hydrogen-bond donors (Lipinski definition) is 2. The summed E-state index contributed by atoms with van der Waals surface area (Å²) in [6, 6.07) is 0. The molecule has 4 rings (SSSR count). The van der Waals surface area contributed by atoms with Crippen LogP contribution in [0, 0.1) is 17.8 Å². The average Bonchev–Trinajstić information content (AvgIpc) is 2.13. The van der Waals surface area contributed by atoms with Gasteiger partial charge in [0.1, 0.15) is 0 Å². The van der Waals surface area contributed by atoms with E-state index in [1.807, 2.05) is 10.2 Å². The molecule has 80 valence electrons. The Balaban J connectivity index is 2.02. The topological polar surface area (TPSA) is 0 Å². The average molecular weight is 311 g/mol. The van der Waals surface area contributed by atoms with Crippen molar-refractivity contribution in [2.45, 2.75) is 40.9 Å². The Morgan fingerprint density at radius 1 is 1.07 bits per heavy atom. The second-order valence-electron chi connectivity index (χ2n) is 5.34. The Labute approximate surface area is 108 Å². The van der Waals surface area contributed by atoms with Crippen molar-refractivity contribution in [3.05, 3.63) is 0 Å². The van der Waals surface area contributed by atoms with Gasteiger partial charge in [-0.3, -0.25) is 0 Å². The van der Waals surface area contributed by atoms with Gasteiger partial charge in [0.05, 0.1) is 8.83 Å². The van der Waals surface area contributed by atoms with Gasteiger partial charge in [0.25, 0.3) is 0 Å². The summed E-state index contributed by atoms with van der Waals surface area (Å²) in [6.45, 7) is 0. The summed E-state index contributed by atoms with van der Waals surface area (Å²) in [7, 11) is 1.85. The minimum absolute atomic E-state index is 0.0470. The molecule has 14 heavy (non-hydrogen) atoms. The van der Waals surface area contributed by atoms with Crippen molar-refractivity contribution in [3.63, 3.8) is 0 Å². The molecule has 0 radical (unpaired) electrons. The van der Waals surface area contributed by atoms with Crippen LogP contribution >= 0.6 is 50.3 Å². The third-order valence-electron chi connectivity index (χ3n) is 4.53. The minimum Gasteiger partial charge on any atom is -0.160 e. The van der Waals surface area contributed by atoms with Crippen LogP contribution in [-0.2, 0) is 0 Å². The van der Waals surface area contributed by atoms with E-state index in [1.54, 1.807) is 0 Å². The highest BCUT2D eigenvalue weighted by Crippen LogP contribution is 2.69. The van der Waals surface area contributed by atoms with Gasteiger partial charge in [0.15, 0.2) is 0 Å². The summed E-state index contributed by atoms with van der Waals surface area (Å²) >= 11 is 13.4. The molecule has 2 unspecified atom stereocenters. The SMILES string of the molecule is SC1(S)C2CC3CC(C2)CC1(SBr)C3. The lowest BCUT2D eigenvalue weighted by Crippen LogP contribution is -2.61. The Morgan fingerprint density at radius 2 is 1.64 bits per heavy atom. The van der Waals surface area contributed by atoms with Crippen molar-refractivity contribution in [1.29, 1.82) is 0 Å². The van der Waals surface area contributed by atoms with Gasteiger partial charge in [-0.25, -0.2) is 0 Å². The van der Waals surface area contributed by atoms with Crippen molar-refractivity contribution in [2.24, 2.45) is 17.8 Å². The van der Waals surface area contributed by atoms with E-state index in [1.165, 1.54) is 32.1 Å². The molecule has 4 aliphatic rings. The molecule has 4 heteroatoms. The zero-order chi connectivity index (χ0) is 9.97. The molecule has 2 atom stereocenters. The van der Waals surface area contributed by atoms with Gasteiger partial charge in [-0.05, 0) is 64.7 Å². The number of halogens is 1. The first kappa shape index (κ1) is 10.7. The first-order chi connectivity index (χ1) is 6.57. The van der Waals surface area contributed by atoms with Gasteiger partial charge in [0.2, 0.25) is 0 Å². The molecule has 0 spiro atoms. The molecule has 0 aromatic carbocycles. The van der Waals surface area contributed by atoms with Crippen LogP contribution in [0.15, 0.2) is 0 Å². The summed E-state index contributed by atoms with van der Waals surface area (Å²) in [5, 5.41) is 0. The lowest BCUT2D eigenvalue weighted by atomic mass is 9.55. The van der Waals surface area contributed by atoms with Crippen LogP contribution in [0.3, 0.4) is 0 Å². The largest absolute Gasteiger partial charge is 0.160 e. The Bertz CT molecular complexity index is 252. The first-order valence-corrected chi connectivity index (χ1v) is 8.87. The van der Waals surface area contributed by atoms with Gasteiger partial charge in [-0.2, -0.15) is 25.3 Å². The molecule has 0 aromatic rings. The lowest BCUT2D eigenvalue weighted by Gasteiger charge is -2.63. The standard InChI is InChI=1S/C10H15BrS3/c11-14-9-4-6-1-7(5-9)3-8(2-6)10(9,12)13/h6-8,12-13H,1-5H2. The van der Waals surface area contributed by atoms with Crippen LogP contribution in [0.4, 0.5) is 0 Å². The van der Waals surface area contributed by atoms with Gasteiger partial charge in [0, 0.05) is 0 Å². The zero-order valence-corrected chi connectivity index (χ0v) is 12.1. The van der Waals surface area contributed by atoms with E-state index in [0.717, 1.165) is 17.8 Å². The van der Waals surface area contributed by atoms with Gasteiger partial charge < -0.3 is 0 Å². The molecule has 4 saturated carbocycles. The maximum atomic E-state index is 4.88. The summed E-state index contributed by atoms with van der Waals surface area (Å²) < 4.78 is 0.253. The molecular formula is C10H15BrS3. The molecular weight excluding hydrogens is 296 g/mol. The Morgan fingerprint density at radius 3 is 2.14 bits per heavy atom. The van der Waals surface area contributed by atoms with Gasteiger partial charge in [-0.15, -0.1) is 0 Å². The van der Waals surface area contributed by atoms with E-state index in [0.29, 0.717) is 4.75 Å². The molecule has 0 aromatic heterocycles. The number of hydrogen-bond acceptors (Lipinski definition) is 3. The maximum Gasteiger partial charge on any atom is 0.0734 e. The molecule has 4 aliphatic carbocycles. The van der Waals surface area contributed by atoms with Crippen LogP contribution in [0.1, 0.15) is 32.1 Å². The fourth-order valence-electron chi connectivity index (χ4n) is 4.03. The van der Waals surface area contributed by atoms with E-state index < -0.39 is 0 Å². The van der Waals surface area contributed by atoms with Crippen molar-refractivity contribution >= 4 is 50.3 Å². The molecule has 4 bridgehead atoms. The van der Waals surface area contributed by atoms with E-state index >= 15 is 0 Å². The van der Waals surface area contributed by atoms with Crippen LogP contribution < -0.4 is 0 Å². The number of rotatable bonds is 1. The third kappa shape index (κ3) is 1.23. The molecule has 0 nitrogen and oxygen atoms in total. The number of thiol groups is 2. The van der Waals surface area contributed by atoms with Crippen LogP contribution in [-0.4, -0.2) is 8.83 Å². The normalized spacial score (nSPS) is 53.8. The maximum absolute atomic E-state index is 4.88. The monoisotopic (exact) mass is 310 g/mol. The van der Waals surface area contributed by atoms with E-state index in [2.05, 4.69) is 14.8 Å². The molecule has 0 amide bonds. The summed E-state index contributed by atoms with van der Waals surface area (Å²) in [5.41, 5.74) is 0.